The van der Waals surface area contributed by atoms with E-state index < -0.39 is 11.4 Å². The van der Waals surface area contributed by atoms with Crippen LogP contribution in [0.3, 0.4) is 0 Å². The summed E-state index contributed by atoms with van der Waals surface area (Å²) in [7, 11) is 0. The number of carboxylic acids is 1. The van der Waals surface area contributed by atoms with Crippen LogP contribution < -0.4 is 5.32 Å². The number of likely N-dealkylation sites (tertiary alicyclic amines) is 1. The van der Waals surface area contributed by atoms with E-state index in [1.165, 1.54) is 0 Å². The highest BCUT2D eigenvalue weighted by Gasteiger charge is 2.48. The lowest BCUT2D eigenvalue weighted by Gasteiger charge is -2.29. The van der Waals surface area contributed by atoms with Crippen molar-refractivity contribution in [2.75, 3.05) is 19.6 Å². The Balaban J connectivity index is 1.96. The van der Waals surface area contributed by atoms with E-state index >= 15 is 0 Å². The summed E-state index contributed by atoms with van der Waals surface area (Å²) in [5.41, 5.74) is -0.751. The highest BCUT2D eigenvalue weighted by atomic mass is 16.4. The van der Waals surface area contributed by atoms with Gasteiger partial charge in [-0.1, -0.05) is 13.8 Å². The number of carboxylic acid groups (broad SMARTS) is 1. The summed E-state index contributed by atoms with van der Waals surface area (Å²) in [6.07, 6.45) is 3.26. The van der Waals surface area contributed by atoms with Crippen molar-refractivity contribution in [3.05, 3.63) is 0 Å². The van der Waals surface area contributed by atoms with Crippen molar-refractivity contribution in [1.29, 1.82) is 0 Å². The van der Waals surface area contributed by atoms with Crippen molar-refractivity contribution < 1.29 is 14.7 Å². The third kappa shape index (κ3) is 2.76. The molecule has 2 aliphatic heterocycles. The predicted octanol–water partition coefficient (Wildman–Crippen LogP) is 1.09. The van der Waals surface area contributed by atoms with Gasteiger partial charge in [0, 0.05) is 25.6 Å². The number of amides is 1. The molecular formula is C14H24N2O3. The summed E-state index contributed by atoms with van der Waals surface area (Å²) in [6, 6.07) is 0.284. The smallest absolute Gasteiger partial charge is 0.311 e. The van der Waals surface area contributed by atoms with Crippen molar-refractivity contribution in [3.63, 3.8) is 0 Å². The lowest BCUT2D eigenvalue weighted by molar-refractivity contribution is -0.151. The fourth-order valence-corrected chi connectivity index (χ4v) is 3.21. The minimum Gasteiger partial charge on any atom is -0.481 e. The molecule has 0 bridgehead atoms. The van der Waals surface area contributed by atoms with Crippen molar-refractivity contribution in [2.45, 2.75) is 45.6 Å². The van der Waals surface area contributed by atoms with E-state index in [1.807, 2.05) is 13.8 Å². The number of carbonyl (C=O) groups is 2. The predicted molar refractivity (Wildman–Crippen MR) is 71.7 cm³/mol. The Labute approximate surface area is 114 Å². The Bertz CT molecular complexity index is 364. The SMILES string of the molecule is CC(C)C1(C(=O)O)CCN(C(=O)CC2CCCN2)C1. The molecule has 19 heavy (non-hydrogen) atoms. The van der Waals surface area contributed by atoms with Gasteiger partial charge in [0.25, 0.3) is 0 Å². The van der Waals surface area contributed by atoms with E-state index in [0.29, 0.717) is 25.9 Å². The molecule has 5 heteroatoms. The van der Waals surface area contributed by atoms with E-state index in [0.717, 1.165) is 19.4 Å². The summed E-state index contributed by atoms with van der Waals surface area (Å²) in [5.74, 6) is -0.618. The molecule has 2 unspecified atom stereocenters. The van der Waals surface area contributed by atoms with Crippen LogP contribution in [0.5, 0.6) is 0 Å². The van der Waals surface area contributed by atoms with Crippen LogP contribution in [0.1, 0.15) is 39.5 Å². The fourth-order valence-electron chi connectivity index (χ4n) is 3.21. The number of nitrogens with one attached hydrogen (secondary N) is 1. The molecule has 2 heterocycles. The van der Waals surface area contributed by atoms with Gasteiger partial charge in [0.2, 0.25) is 5.91 Å². The van der Waals surface area contributed by atoms with Crippen molar-refractivity contribution in [1.82, 2.24) is 10.2 Å². The molecule has 5 nitrogen and oxygen atoms in total. The molecule has 1 amide bonds. The molecule has 0 aliphatic carbocycles. The Hall–Kier alpha value is -1.10. The zero-order valence-electron chi connectivity index (χ0n) is 11.8. The molecule has 2 rings (SSSR count). The lowest BCUT2D eigenvalue weighted by Crippen LogP contribution is -2.41. The zero-order valence-corrected chi connectivity index (χ0v) is 11.8. The standard InChI is InChI=1S/C14H24N2O3/c1-10(2)14(13(18)19)5-7-16(9-14)12(17)8-11-4-3-6-15-11/h10-11,15H,3-9H2,1-2H3,(H,18,19). The fraction of sp³-hybridized carbons (Fsp3) is 0.857. The summed E-state index contributed by atoms with van der Waals surface area (Å²) in [4.78, 5) is 25.5. The first-order valence-corrected chi connectivity index (χ1v) is 7.20. The maximum absolute atomic E-state index is 12.2. The van der Waals surface area contributed by atoms with E-state index in [-0.39, 0.29) is 17.9 Å². The van der Waals surface area contributed by atoms with Gasteiger partial charge in [0.15, 0.2) is 0 Å². The van der Waals surface area contributed by atoms with Crippen LogP contribution in [-0.4, -0.2) is 47.6 Å². The Morgan fingerprint density at radius 2 is 2.21 bits per heavy atom. The van der Waals surface area contributed by atoms with Crippen LogP contribution in [0.25, 0.3) is 0 Å². The van der Waals surface area contributed by atoms with Gasteiger partial charge in [-0.3, -0.25) is 9.59 Å². The third-order valence-electron chi connectivity index (χ3n) is 4.77. The number of aliphatic carboxylic acids is 1. The van der Waals surface area contributed by atoms with E-state index in [1.54, 1.807) is 4.90 Å². The van der Waals surface area contributed by atoms with Crippen LogP contribution in [0, 0.1) is 11.3 Å². The second-order valence-electron chi connectivity index (χ2n) is 6.18. The minimum atomic E-state index is -0.767. The average molecular weight is 268 g/mol. The summed E-state index contributed by atoms with van der Waals surface area (Å²) in [6.45, 7) is 5.80. The molecule has 0 radical (unpaired) electrons. The van der Waals surface area contributed by atoms with Crippen LogP contribution >= 0.6 is 0 Å². The molecular weight excluding hydrogens is 244 g/mol. The normalized spacial score (nSPS) is 31.1. The lowest BCUT2D eigenvalue weighted by atomic mass is 9.76. The van der Waals surface area contributed by atoms with Crippen LogP contribution in [-0.2, 0) is 9.59 Å². The number of nitrogens with zero attached hydrogens (tertiary/aromatic N) is 1. The zero-order chi connectivity index (χ0) is 14.0. The van der Waals surface area contributed by atoms with E-state index in [4.69, 9.17) is 0 Å². The van der Waals surface area contributed by atoms with Gasteiger partial charge in [0.1, 0.15) is 0 Å². The first-order valence-electron chi connectivity index (χ1n) is 7.20. The largest absolute Gasteiger partial charge is 0.481 e. The topological polar surface area (TPSA) is 69.6 Å². The maximum atomic E-state index is 12.2. The van der Waals surface area contributed by atoms with E-state index in [9.17, 15) is 14.7 Å². The van der Waals surface area contributed by atoms with Gasteiger partial charge in [-0.2, -0.15) is 0 Å². The van der Waals surface area contributed by atoms with Crippen LogP contribution in [0.4, 0.5) is 0 Å². The number of rotatable bonds is 4. The molecule has 0 saturated carbocycles. The monoisotopic (exact) mass is 268 g/mol. The second-order valence-corrected chi connectivity index (χ2v) is 6.18. The van der Waals surface area contributed by atoms with Gasteiger partial charge in [-0.25, -0.2) is 0 Å². The minimum absolute atomic E-state index is 0.0485. The van der Waals surface area contributed by atoms with Crippen molar-refractivity contribution in [3.8, 4) is 0 Å². The molecule has 0 aromatic heterocycles. The summed E-state index contributed by atoms with van der Waals surface area (Å²) in [5, 5.41) is 12.8. The quantitative estimate of drug-likeness (QED) is 0.800. The third-order valence-corrected chi connectivity index (χ3v) is 4.77. The van der Waals surface area contributed by atoms with Gasteiger partial charge < -0.3 is 15.3 Å². The molecule has 0 aromatic carbocycles. The van der Waals surface area contributed by atoms with Gasteiger partial charge in [0.05, 0.1) is 5.41 Å². The summed E-state index contributed by atoms with van der Waals surface area (Å²) < 4.78 is 0. The Kier molecular flexibility index (Phi) is 4.13. The molecule has 108 valence electrons. The first-order chi connectivity index (χ1) is 8.95. The highest BCUT2D eigenvalue weighted by molar-refractivity contribution is 5.81. The van der Waals surface area contributed by atoms with Gasteiger partial charge in [-0.05, 0) is 31.7 Å². The number of hydrogen-bond donors (Lipinski definition) is 2. The molecule has 0 spiro atoms. The molecule has 2 N–H and O–H groups in total. The van der Waals surface area contributed by atoms with Crippen LogP contribution in [0.15, 0.2) is 0 Å². The summed E-state index contributed by atoms with van der Waals surface area (Å²) >= 11 is 0. The van der Waals surface area contributed by atoms with Gasteiger partial charge >= 0.3 is 5.97 Å². The number of carbonyl (C=O) groups excluding carboxylic acids is 1. The average Bonchev–Trinajstić information content (AvgIpc) is 2.97. The molecule has 2 atom stereocenters. The number of hydrogen-bond acceptors (Lipinski definition) is 3. The highest BCUT2D eigenvalue weighted by Crippen LogP contribution is 2.38. The van der Waals surface area contributed by atoms with Crippen LogP contribution in [0.2, 0.25) is 0 Å². The van der Waals surface area contributed by atoms with E-state index in [2.05, 4.69) is 5.32 Å². The second kappa shape index (κ2) is 5.49. The Morgan fingerprint density at radius 1 is 1.47 bits per heavy atom. The van der Waals surface area contributed by atoms with Crippen molar-refractivity contribution >= 4 is 11.9 Å². The molecule has 2 saturated heterocycles. The van der Waals surface area contributed by atoms with Crippen molar-refractivity contribution in [2.24, 2.45) is 11.3 Å². The molecule has 2 fully saturated rings. The molecule has 2 aliphatic rings. The van der Waals surface area contributed by atoms with Gasteiger partial charge in [-0.15, -0.1) is 0 Å². The molecule has 0 aromatic rings. The Morgan fingerprint density at radius 3 is 2.68 bits per heavy atom. The maximum Gasteiger partial charge on any atom is 0.311 e. The first kappa shape index (κ1) is 14.3.